The van der Waals surface area contributed by atoms with Gasteiger partial charge in [-0.25, -0.2) is 9.59 Å². The topological polar surface area (TPSA) is 75.6 Å². The Labute approximate surface area is 226 Å². The summed E-state index contributed by atoms with van der Waals surface area (Å²) in [6.45, 7) is 0.128. The maximum atomic E-state index is 12.8. The number of benzene rings is 5. The molecule has 5 nitrogen and oxygen atoms in total. The van der Waals surface area contributed by atoms with E-state index < -0.39 is 18.1 Å². The SMILES string of the molecule is O=C(NC(Cc1cccc(-c2cccc3ccccc23)c1)C(=O)O)OCC1c2ccccc2-c2ccccc21. The van der Waals surface area contributed by atoms with E-state index in [1.807, 2.05) is 78.9 Å². The molecule has 192 valence electrons. The highest BCUT2D eigenvalue weighted by Gasteiger charge is 2.29. The van der Waals surface area contributed by atoms with Crippen molar-refractivity contribution >= 4 is 22.8 Å². The zero-order chi connectivity index (χ0) is 26.8. The molecule has 0 saturated heterocycles. The number of carboxylic acids is 1. The zero-order valence-corrected chi connectivity index (χ0v) is 21.2. The molecule has 0 fully saturated rings. The van der Waals surface area contributed by atoms with Crippen LogP contribution in [0.4, 0.5) is 4.79 Å². The van der Waals surface area contributed by atoms with Crippen molar-refractivity contribution in [2.75, 3.05) is 6.61 Å². The summed E-state index contributed by atoms with van der Waals surface area (Å²) >= 11 is 0. The highest BCUT2D eigenvalue weighted by atomic mass is 16.5. The fourth-order valence-electron chi connectivity index (χ4n) is 5.56. The summed E-state index contributed by atoms with van der Waals surface area (Å²) in [6.07, 6.45) is -0.604. The third kappa shape index (κ3) is 4.87. The highest BCUT2D eigenvalue weighted by Crippen LogP contribution is 2.44. The number of hydrogen-bond donors (Lipinski definition) is 2. The fraction of sp³-hybridized carbons (Fsp3) is 0.118. The minimum atomic E-state index is -1.12. The van der Waals surface area contributed by atoms with Gasteiger partial charge in [0.1, 0.15) is 12.6 Å². The molecule has 1 aliphatic rings. The molecule has 5 aromatic carbocycles. The normalized spacial score (nSPS) is 12.9. The molecule has 39 heavy (non-hydrogen) atoms. The Balaban J connectivity index is 1.16. The van der Waals surface area contributed by atoms with Crippen LogP contribution in [-0.4, -0.2) is 29.8 Å². The van der Waals surface area contributed by atoms with Crippen LogP contribution < -0.4 is 5.32 Å². The molecule has 5 heteroatoms. The molecule has 2 N–H and O–H groups in total. The number of carbonyl (C=O) groups is 2. The molecule has 5 aromatic rings. The molecule has 0 aromatic heterocycles. The van der Waals surface area contributed by atoms with Crippen LogP contribution in [0, 0.1) is 0 Å². The highest BCUT2D eigenvalue weighted by molar-refractivity contribution is 5.96. The van der Waals surface area contributed by atoms with Crippen LogP contribution in [0.2, 0.25) is 0 Å². The number of fused-ring (bicyclic) bond motifs is 4. The van der Waals surface area contributed by atoms with E-state index in [1.54, 1.807) is 0 Å². The lowest BCUT2D eigenvalue weighted by molar-refractivity contribution is -0.139. The summed E-state index contributed by atoms with van der Waals surface area (Å²) in [6, 6.07) is 37.2. The van der Waals surface area contributed by atoms with E-state index in [0.717, 1.165) is 49.7 Å². The number of aliphatic carboxylic acids is 1. The monoisotopic (exact) mass is 513 g/mol. The Morgan fingerprint density at radius 3 is 2.10 bits per heavy atom. The van der Waals surface area contributed by atoms with Gasteiger partial charge in [0.15, 0.2) is 0 Å². The summed E-state index contributed by atoms with van der Waals surface area (Å²) < 4.78 is 5.59. The number of nitrogens with one attached hydrogen (secondary N) is 1. The molecule has 0 heterocycles. The molecule has 0 spiro atoms. The van der Waals surface area contributed by atoms with Gasteiger partial charge in [0.25, 0.3) is 0 Å². The van der Waals surface area contributed by atoms with E-state index in [1.165, 1.54) is 0 Å². The molecular formula is C34H27NO4. The first-order valence-corrected chi connectivity index (χ1v) is 13.0. The summed E-state index contributed by atoms with van der Waals surface area (Å²) in [5, 5.41) is 14.7. The Bertz CT molecular complexity index is 1640. The van der Waals surface area contributed by atoms with Crippen molar-refractivity contribution in [1.29, 1.82) is 0 Å². The van der Waals surface area contributed by atoms with Gasteiger partial charge in [-0.2, -0.15) is 0 Å². The van der Waals surface area contributed by atoms with Crippen molar-refractivity contribution in [3.63, 3.8) is 0 Å². The standard InChI is InChI=1S/C34H27NO4/c36-33(37)32(20-22-9-7-12-24(19-22)26-18-8-11-23-10-1-2-13-25(23)26)35-34(38)39-21-31-29-16-5-3-14-27(29)28-15-4-6-17-30(28)31/h1-19,31-32H,20-21H2,(H,35,38)(H,36,37). The van der Waals surface area contributed by atoms with Crippen LogP contribution in [0.5, 0.6) is 0 Å². The smallest absolute Gasteiger partial charge is 0.407 e. The van der Waals surface area contributed by atoms with Gasteiger partial charge in [-0.3, -0.25) is 0 Å². The second kappa shape index (κ2) is 10.5. The second-order valence-corrected chi connectivity index (χ2v) is 9.79. The van der Waals surface area contributed by atoms with Crippen molar-refractivity contribution < 1.29 is 19.4 Å². The molecule has 1 unspecified atom stereocenters. The first kappa shape index (κ1) is 24.4. The maximum Gasteiger partial charge on any atom is 0.407 e. The molecule has 1 atom stereocenters. The van der Waals surface area contributed by atoms with E-state index in [4.69, 9.17) is 4.74 Å². The summed E-state index contributed by atoms with van der Waals surface area (Å²) in [4.78, 5) is 24.9. The van der Waals surface area contributed by atoms with Crippen molar-refractivity contribution in [2.24, 2.45) is 0 Å². The molecule has 0 radical (unpaired) electrons. The average Bonchev–Trinajstić information content (AvgIpc) is 3.29. The third-order valence-electron chi connectivity index (χ3n) is 7.40. The fourth-order valence-corrected chi connectivity index (χ4v) is 5.56. The quantitative estimate of drug-likeness (QED) is 0.245. The predicted octanol–water partition coefficient (Wildman–Crippen LogP) is 7.04. The van der Waals surface area contributed by atoms with Crippen molar-refractivity contribution in [3.05, 3.63) is 132 Å². The van der Waals surface area contributed by atoms with Gasteiger partial charge in [-0.15, -0.1) is 0 Å². The molecule has 1 aliphatic carbocycles. The van der Waals surface area contributed by atoms with Gasteiger partial charge >= 0.3 is 12.1 Å². The maximum absolute atomic E-state index is 12.8. The van der Waals surface area contributed by atoms with E-state index in [0.29, 0.717) is 0 Å². The first-order valence-electron chi connectivity index (χ1n) is 13.0. The number of ether oxygens (including phenoxy) is 1. The van der Waals surface area contributed by atoms with Gasteiger partial charge < -0.3 is 15.2 Å². The van der Waals surface area contributed by atoms with Gasteiger partial charge in [0.05, 0.1) is 0 Å². The summed E-state index contributed by atoms with van der Waals surface area (Å²) in [7, 11) is 0. The van der Waals surface area contributed by atoms with Crippen LogP contribution in [0.1, 0.15) is 22.6 Å². The van der Waals surface area contributed by atoms with Crippen molar-refractivity contribution in [1.82, 2.24) is 5.32 Å². The Morgan fingerprint density at radius 1 is 0.744 bits per heavy atom. The van der Waals surface area contributed by atoms with Crippen LogP contribution in [0.15, 0.2) is 115 Å². The zero-order valence-electron chi connectivity index (χ0n) is 21.2. The number of carbonyl (C=O) groups excluding carboxylic acids is 1. The Kier molecular flexibility index (Phi) is 6.55. The lowest BCUT2D eigenvalue weighted by atomic mass is 9.95. The van der Waals surface area contributed by atoms with E-state index in [9.17, 15) is 14.7 Å². The number of hydrogen-bond acceptors (Lipinski definition) is 3. The molecule has 0 aliphatic heterocycles. The average molecular weight is 514 g/mol. The van der Waals surface area contributed by atoms with Gasteiger partial charge in [-0.05, 0) is 49.7 Å². The minimum absolute atomic E-state index is 0.0937. The predicted molar refractivity (Wildman–Crippen MR) is 153 cm³/mol. The largest absolute Gasteiger partial charge is 0.480 e. The molecular weight excluding hydrogens is 486 g/mol. The molecule has 1 amide bonds. The Morgan fingerprint density at radius 2 is 1.36 bits per heavy atom. The summed E-state index contributed by atoms with van der Waals surface area (Å²) in [5.74, 6) is -1.21. The first-order chi connectivity index (χ1) is 19.1. The van der Waals surface area contributed by atoms with Gasteiger partial charge in [0, 0.05) is 12.3 Å². The van der Waals surface area contributed by atoms with Crippen molar-refractivity contribution in [3.8, 4) is 22.3 Å². The van der Waals surface area contributed by atoms with Crippen LogP contribution in [0.25, 0.3) is 33.0 Å². The van der Waals surface area contributed by atoms with Gasteiger partial charge in [0.2, 0.25) is 0 Å². The Hall–Kier alpha value is -4.90. The van der Waals surface area contributed by atoms with E-state index in [2.05, 4.69) is 41.7 Å². The molecule has 6 rings (SSSR count). The van der Waals surface area contributed by atoms with Crippen molar-refractivity contribution in [2.45, 2.75) is 18.4 Å². The van der Waals surface area contributed by atoms with Crippen LogP contribution in [-0.2, 0) is 16.0 Å². The molecule has 0 bridgehead atoms. The number of amides is 1. The third-order valence-corrected chi connectivity index (χ3v) is 7.40. The number of rotatable bonds is 7. The lowest BCUT2D eigenvalue weighted by Gasteiger charge is -2.18. The number of alkyl carbamates (subject to hydrolysis) is 1. The second-order valence-electron chi connectivity index (χ2n) is 9.79. The summed E-state index contributed by atoms with van der Waals surface area (Å²) in [5.41, 5.74) is 7.36. The number of carboxylic acid groups (broad SMARTS) is 1. The van der Waals surface area contributed by atoms with Gasteiger partial charge in [-0.1, -0.05) is 115 Å². The lowest BCUT2D eigenvalue weighted by Crippen LogP contribution is -2.42. The van der Waals surface area contributed by atoms with E-state index >= 15 is 0 Å². The van der Waals surface area contributed by atoms with E-state index in [-0.39, 0.29) is 18.9 Å². The van der Waals surface area contributed by atoms with Crippen LogP contribution >= 0.6 is 0 Å². The molecule has 0 saturated carbocycles. The van der Waals surface area contributed by atoms with Crippen LogP contribution in [0.3, 0.4) is 0 Å². The minimum Gasteiger partial charge on any atom is -0.480 e.